The Hall–Kier alpha value is -4.97. The average molecular weight is 543 g/mol. The fourth-order valence-corrected chi connectivity index (χ4v) is 6.08. The number of hydrogen-bond acceptors (Lipinski definition) is 4. The maximum Gasteiger partial charge on any atom is 0.246 e. The molecular weight excluding hydrogens is 512 g/mol. The van der Waals surface area contributed by atoms with Crippen molar-refractivity contribution < 1.29 is 19.0 Å². The Morgan fingerprint density at radius 2 is 1.59 bits per heavy atom. The Balaban J connectivity index is 1.29. The van der Waals surface area contributed by atoms with Crippen LogP contribution in [-0.2, 0) is 17.8 Å². The van der Waals surface area contributed by atoms with Crippen LogP contribution >= 0.6 is 0 Å². The molecule has 4 aromatic carbocycles. The lowest BCUT2D eigenvalue weighted by Gasteiger charge is -2.30. The molecule has 0 saturated heterocycles. The molecule has 1 atom stereocenters. The molecule has 3 heterocycles. The van der Waals surface area contributed by atoms with Crippen LogP contribution in [0.1, 0.15) is 28.5 Å². The third kappa shape index (κ3) is 4.23. The van der Waals surface area contributed by atoms with Gasteiger partial charge >= 0.3 is 0 Å². The van der Waals surface area contributed by atoms with Gasteiger partial charge in [0.15, 0.2) is 11.5 Å². The monoisotopic (exact) mass is 542 g/mol. The SMILES string of the molecule is COc1cc2c(cc1OC)CN(C(=O)/C=C/c1c3n(c4ccccc14)C(c1ccccc1)Oc1ccccc1-3)CC2. The number of carbonyl (C=O) groups is 1. The smallest absolute Gasteiger partial charge is 0.246 e. The number of benzene rings is 4. The van der Waals surface area contributed by atoms with E-state index in [9.17, 15) is 4.79 Å². The molecule has 0 N–H and O–H groups in total. The summed E-state index contributed by atoms with van der Waals surface area (Å²) < 4.78 is 19.8. The molecular formula is C35H30N2O4. The topological polar surface area (TPSA) is 52.9 Å². The molecule has 7 rings (SSSR count). The van der Waals surface area contributed by atoms with Crippen molar-refractivity contribution in [3.63, 3.8) is 0 Å². The summed E-state index contributed by atoms with van der Waals surface area (Å²) in [5.41, 5.74) is 7.46. The predicted molar refractivity (Wildman–Crippen MR) is 160 cm³/mol. The van der Waals surface area contributed by atoms with Gasteiger partial charge in [0.05, 0.1) is 25.4 Å². The van der Waals surface area contributed by atoms with Crippen LogP contribution in [0.4, 0.5) is 0 Å². The minimum atomic E-state index is -0.325. The van der Waals surface area contributed by atoms with Crippen molar-refractivity contribution in [3.05, 3.63) is 119 Å². The fraction of sp³-hybridized carbons (Fsp3) is 0.171. The number of amides is 1. The Labute approximate surface area is 239 Å². The van der Waals surface area contributed by atoms with Gasteiger partial charge in [-0.2, -0.15) is 0 Å². The fourth-order valence-electron chi connectivity index (χ4n) is 6.08. The van der Waals surface area contributed by atoms with Crippen molar-refractivity contribution in [2.24, 2.45) is 0 Å². The van der Waals surface area contributed by atoms with Crippen LogP contribution in [0.2, 0.25) is 0 Å². The maximum absolute atomic E-state index is 13.6. The number of methoxy groups -OCH3 is 2. The summed E-state index contributed by atoms with van der Waals surface area (Å²) in [4.78, 5) is 15.5. The van der Waals surface area contributed by atoms with Crippen LogP contribution < -0.4 is 14.2 Å². The van der Waals surface area contributed by atoms with Crippen molar-refractivity contribution in [2.45, 2.75) is 19.2 Å². The average Bonchev–Trinajstić information content (AvgIpc) is 3.37. The first-order chi connectivity index (χ1) is 20.2. The van der Waals surface area contributed by atoms with Gasteiger partial charge in [0.1, 0.15) is 5.75 Å². The molecule has 6 heteroatoms. The molecule has 2 aliphatic rings. The maximum atomic E-state index is 13.6. The van der Waals surface area contributed by atoms with E-state index >= 15 is 0 Å². The second-order valence-electron chi connectivity index (χ2n) is 10.3. The van der Waals surface area contributed by atoms with E-state index in [0.717, 1.165) is 51.0 Å². The molecule has 0 saturated carbocycles. The number of carbonyl (C=O) groups excluding carboxylic acids is 1. The lowest BCUT2D eigenvalue weighted by atomic mass is 9.98. The van der Waals surface area contributed by atoms with Crippen molar-refractivity contribution >= 4 is 22.9 Å². The molecule has 1 unspecified atom stereocenters. The van der Waals surface area contributed by atoms with Gasteiger partial charge in [0, 0.05) is 41.2 Å². The summed E-state index contributed by atoms with van der Waals surface area (Å²) in [7, 11) is 3.28. The van der Waals surface area contributed by atoms with Gasteiger partial charge in [0.2, 0.25) is 12.1 Å². The predicted octanol–water partition coefficient (Wildman–Crippen LogP) is 6.86. The number of ether oxygens (including phenoxy) is 3. The van der Waals surface area contributed by atoms with Crippen molar-refractivity contribution in [3.8, 4) is 28.5 Å². The first-order valence-corrected chi connectivity index (χ1v) is 13.8. The number of para-hydroxylation sites is 2. The van der Waals surface area contributed by atoms with Gasteiger partial charge in [-0.3, -0.25) is 9.36 Å². The van der Waals surface area contributed by atoms with Gasteiger partial charge in [-0.15, -0.1) is 0 Å². The lowest BCUT2D eigenvalue weighted by molar-refractivity contribution is -0.126. The Morgan fingerprint density at radius 1 is 0.878 bits per heavy atom. The van der Waals surface area contributed by atoms with Crippen LogP contribution in [0.5, 0.6) is 17.2 Å². The minimum absolute atomic E-state index is 0.0191. The summed E-state index contributed by atoms with van der Waals surface area (Å²) in [5, 5.41) is 1.08. The van der Waals surface area contributed by atoms with E-state index in [0.29, 0.717) is 24.6 Å². The van der Waals surface area contributed by atoms with E-state index in [-0.39, 0.29) is 12.1 Å². The van der Waals surface area contributed by atoms with Crippen LogP contribution in [0.3, 0.4) is 0 Å². The third-order valence-electron chi connectivity index (χ3n) is 8.07. The summed E-state index contributed by atoms with van der Waals surface area (Å²) >= 11 is 0. The molecule has 2 aliphatic heterocycles. The number of hydrogen-bond donors (Lipinski definition) is 0. The van der Waals surface area contributed by atoms with Crippen LogP contribution in [0, 0.1) is 0 Å². The van der Waals surface area contributed by atoms with Crippen molar-refractivity contribution in [1.82, 2.24) is 9.47 Å². The van der Waals surface area contributed by atoms with E-state index in [4.69, 9.17) is 14.2 Å². The Bertz CT molecular complexity index is 1800. The van der Waals surface area contributed by atoms with Crippen LogP contribution in [-0.4, -0.2) is 36.1 Å². The lowest BCUT2D eigenvalue weighted by Crippen LogP contribution is -2.34. The summed E-state index contributed by atoms with van der Waals surface area (Å²) in [6.45, 7) is 1.17. The molecule has 0 bridgehead atoms. The highest BCUT2D eigenvalue weighted by Crippen LogP contribution is 2.47. The molecule has 1 amide bonds. The van der Waals surface area contributed by atoms with Gasteiger partial charge in [-0.05, 0) is 54.0 Å². The summed E-state index contributed by atoms with van der Waals surface area (Å²) in [6.07, 6.45) is 4.13. The van der Waals surface area contributed by atoms with Crippen molar-refractivity contribution in [2.75, 3.05) is 20.8 Å². The van der Waals surface area contributed by atoms with Crippen molar-refractivity contribution in [1.29, 1.82) is 0 Å². The van der Waals surface area contributed by atoms with Gasteiger partial charge < -0.3 is 19.1 Å². The van der Waals surface area contributed by atoms with E-state index in [2.05, 4.69) is 34.9 Å². The largest absolute Gasteiger partial charge is 0.493 e. The second kappa shape index (κ2) is 10.2. The Kier molecular flexibility index (Phi) is 6.23. The van der Waals surface area contributed by atoms with E-state index in [1.165, 1.54) is 5.56 Å². The molecule has 0 spiro atoms. The van der Waals surface area contributed by atoms with Crippen LogP contribution in [0.25, 0.3) is 28.2 Å². The molecule has 0 aliphatic carbocycles. The first-order valence-electron chi connectivity index (χ1n) is 13.8. The van der Waals surface area contributed by atoms with Gasteiger partial charge in [0.25, 0.3) is 0 Å². The van der Waals surface area contributed by atoms with E-state index in [1.54, 1.807) is 20.3 Å². The number of rotatable bonds is 5. The molecule has 41 heavy (non-hydrogen) atoms. The third-order valence-corrected chi connectivity index (χ3v) is 8.07. The normalized spacial score (nSPS) is 15.7. The molecule has 5 aromatic rings. The zero-order valence-electron chi connectivity index (χ0n) is 23.0. The number of fused-ring (bicyclic) bond motifs is 6. The van der Waals surface area contributed by atoms with Crippen LogP contribution in [0.15, 0.2) is 97.1 Å². The zero-order valence-corrected chi connectivity index (χ0v) is 23.0. The van der Waals surface area contributed by atoms with E-state index < -0.39 is 0 Å². The summed E-state index contributed by atoms with van der Waals surface area (Å²) in [6, 6.07) is 30.7. The van der Waals surface area contributed by atoms with Gasteiger partial charge in [-0.1, -0.05) is 60.7 Å². The quantitative estimate of drug-likeness (QED) is 0.228. The van der Waals surface area contributed by atoms with Gasteiger partial charge in [-0.25, -0.2) is 0 Å². The molecule has 6 nitrogen and oxygen atoms in total. The molecule has 0 radical (unpaired) electrons. The number of nitrogens with zero attached hydrogens (tertiary/aromatic N) is 2. The highest BCUT2D eigenvalue weighted by atomic mass is 16.5. The molecule has 1 aromatic heterocycles. The van der Waals surface area contributed by atoms with E-state index in [1.807, 2.05) is 71.6 Å². The highest BCUT2D eigenvalue weighted by Gasteiger charge is 2.31. The molecule has 0 fully saturated rings. The zero-order chi connectivity index (χ0) is 27.9. The Morgan fingerprint density at radius 3 is 2.39 bits per heavy atom. The standard InChI is InChI=1S/C35H30N2O4/c1-39-31-20-24-18-19-36(22-25(24)21-32(31)40-2)33(38)17-16-27-26-12-6-8-14-29(26)37-34(27)28-13-7-9-15-30(28)41-35(37)23-10-4-3-5-11-23/h3-17,20-21,35H,18-19,22H2,1-2H3/b17-16+. The highest BCUT2D eigenvalue weighted by molar-refractivity contribution is 6.02. The number of aromatic nitrogens is 1. The molecule has 204 valence electrons. The minimum Gasteiger partial charge on any atom is -0.493 e. The summed E-state index contributed by atoms with van der Waals surface area (Å²) in [5.74, 6) is 2.20. The first kappa shape index (κ1) is 25.0. The second-order valence-corrected chi connectivity index (χ2v) is 10.3.